The maximum atomic E-state index is 12.2. The molecule has 0 aromatic carbocycles. The van der Waals surface area contributed by atoms with Crippen molar-refractivity contribution in [2.24, 2.45) is 13.0 Å². The SMILES string of the molecule is CC(C)Cn1c(=O)n(C)c(=O)c2[nH]c(CCBr)nc21. The Morgan fingerprint density at radius 2 is 2.05 bits per heavy atom. The molecule has 0 amide bonds. The van der Waals surface area contributed by atoms with Gasteiger partial charge in [-0.05, 0) is 5.92 Å². The number of aromatic amines is 1. The molecule has 1 N–H and O–H groups in total. The lowest BCUT2D eigenvalue weighted by molar-refractivity contribution is 0.500. The van der Waals surface area contributed by atoms with Crippen LogP contribution < -0.4 is 11.2 Å². The highest BCUT2D eigenvalue weighted by atomic mass is 79.9. The molecule has 0 radical (unpaired) electrons. The molecule has 2 aromatic heterocycles. The number of hydrogen-bond donors (Lipinski definition) is 1. The minimum atomic E-state index is -0.326. The average Bonchev–Trinajstić information content (AvgIpc) is 2.76. The Morgan fingerprint density at radius 3 is 2.63 bits per heavy atom. The van der Waals surface area contributed by atoms with Gasteiger partial charge in [-0.3, -0.25) is 13.9 Å². The first-order valence-corrected chi connectivity index (χ1v) is 7.32. The van der Waals surface area contributed by atoms with E-state index in [1.807, 2.05) is 13.8 Å². The number of aromatic nitrogens is 4. The zero-order valence-electron chi connectivity index (χ0n) is 11.2. The second kappa shape index (κ2) is 5.32. The summed E-state index contributed by atoms with van der Waals surface area (Å²) in [5.74, 6) is 1.02. The Bertz CT molecular complexity index is 711. The zero-order valence-corrected chi connectivity index (χ0v) is 12.8. The standard InChI is InChI=1S/C12H17BrN4O2/c1-7(2)6-17-10-9(11(18)16(3)12(17)19)14-8(15-10)4-5-13/h7H,4-6H2,1-3H3,(H,14,15). The van der Waals surface area contributed by atoms with Crippen LogP contribution in [0.15, 0.2) is 9.59 Å². The third-order valence-electron chi connectivity index (χ3n) is 2.90. The number of H-pyrrole nitrogens is 1. The number of fused-ring (bicyclic) bond motifs is 1. The van der Waals surface area contributed by atoms with Gasteiger partial charge in [0, 0.05) is 25.3 Å². The molecule has 0 saturated carbocycles. The Morgan fingerprint density at radius 1 is 1.37 bits per heavy atom. The smallest absolute Gasteiger partial charge is 0.332 e. The fourth-order valence-corrected chi connectivity index (χ4v) is 2.40. The average molecular weight is 329 g/mol. The highest BCUT2D eigenvalue weighted by Crippen LogP contribution is 2.08. The minimum Gasteiger partial charge on any atom is -0.336 e. The third kappa shape index (κ3) is 2.51. The van der Waals surface area contributed by atoms with Crippen LogP contribution in [0.5, 0.6) is 0 Å². The van der Waals surface area contributed by atoms with Gasteiger partial charge >= 0.3 is 5.69 Å². The van der Waals surface area contributed by atoms with E-state index in [1.54, 1.807) is 4.57 Å². The number of imidazole rings is 1. The lowest BCUT2D eigenvalue weighted by Gasteiger charge is -2.10. The molecule has 0 aliphatic carbocycles. The van der Waals surface area contributed by atoms with Crippen molar-refractivity contribution in [1.29, 1.82) is 0 Å². The lowest BCUT2D eigenvalue weighted by atomic mass is 10.2. The van der Waals surface area contributed by atoms with Gasteiger partial charge in [0.15, 0.2) is 5.65 Å². The summed E-state index contributed by atoms with van der Waals surface area (Å²) < 4.78 is 2.69. The molecule has 7 heteroatoms. The number of alkyl halides is 1. The third-order valence-corrected chi connectivity index (χ3v) is 3.30. The molecular weight excluding hydrogens is 312 g/mol. The van der Waals surface area contributed by atoms with E-state index in [-0.39, 0.29) is 11.2 Å². The zero-order chi connectivity index (χ0) is 14.2. The monoisotopic (exact) mass is 328 g/mol. The van der Waals surface area contributed by atoms with Crippen LogP contribution in [-0.4, -0.2) is 24.4 Å². The van der Waals surface area contributed by atoms with Gasteiger partial charge in [-0.25, -0.2) is 9.78 Å². The number of aryl methyl sites for hydroxylation is 1. The Hall–Kier alpha value is -1.37. The van der Waals surface area contributed by atoms with E-state index in [0.717, 1.165) is 9.90 Å². The summed E-state index contributed by atoms with van der Waals surface area (Å²) in [7, 11) is 1.49. The molecule has 0 saturated heterocycles. The van der Waals surface area contributed by atoms with Gasteiger partial charge < -0.3 is 4.98 Å². The summed E-state index contributed by atoms with van der Waals surface area (Å²) in [6.45, 7) is 4.59. The Kier molecular flexibility index (Phi) is 3.93. The quantitative estimate of drug-likeness (QED) is 0.851. The number of rotatable bonds is 4. The van der Waals surface area contributed by atoms with Crippen molar-refractivity contribution < 1.29 is 0 Å². The summed E-state index contributed by atoms with van der Waals surface area (Å²) in [6, 6.07) is 0. The molecular formula is C12H17BrN4O2. The van der Waals surface area contributed by atoms with Crippen LogP contribution in [0.2, 0.25) is 0 Å². The number of hydrogen-bond acceptors (Lipinski definition) is 3. The van der Waals surface area contributed by atoms with Crippen molar-refractivity contribution in [2.45, 2.75) is 26.8 Å². The molecule has 19 heavy (non-hydrogen) atoms. The maximum absolute atomic E-state index is 12.2. The van der Waals surface area contributed by atoms with Crippen molar-refractivity contribution in [3.8, 4) is 0 Å². The van der Waals surface area contributed by atoms with Gasteiger partial charge in [-0.15, -0.1) is 0 Å². The van der Waals surface area contributed by atoms with E-state index in [9.17, 15) is 9.59 Å². The molecule has 2 heterocycles. The molecule has 0 fully saturated rings. The van der Waals surface area contributed by atoms with Crippen LogP contribution in [0.4, 0.5) is 0 Å². The number of halogens is 1. The van der Waals surface area contributed by atoms with Crippen molar-refractivity contribution in [3.63, 3.8) is 0 Å². The van der Waals surface area contributed by atoms with Crippen molar-refractivity contribution in [2.75, 3.05) is 5.33 Å². The molecule has 6 nitrogen and oxygen atoms in total. The van der Waals surface area contributed by atoms with Crippen LogP contribution in [0, 0.1) is 5.92 Å². The summed E-state index contributed by atoms with van der Waals surface area (Å²) in [6.07, 6.45) is 0.688. The first-order valence-electron chi connectivity index (χ1n) is 6.20. The van der Waals surface area contributed by atoms with Crippen LogP contribution in [0.3, 0.4) is 0 Å². The maximum Gasteiger partial charge on any atom is 0.332 e. The van der Waals surface area contributed by atoms with Crippen molar-refractivity contribution >= 4 is 27.1 Å². The molecule has 0 aliphatic heterocycles. The molecule has 0 aliphatic rings. The highest BCUT2D eigenvalue weighted by Gasteiger charge is 2.15. The number of nitrogens with one attached hydrogen (secondary N) is 1. The first kappa shape index (κ1) is 14.0. The van der Waals surface area contributed by atoms with E-state index in [2.05, 4.69) is 25.9 Å². The van der Waals surface area contributed by atoms with Crippen LogP contribution >= 0.6 is 15.9 Å². The molecule has 104 valence electrons. The van der Waals surface area contributed by atoms with Crippen LogP contribution in [0.1, 0.15) is 19.7 Å². The topological polar surface area (TPSA) is 72.7 Å². The Balaban J connectivity index is 2.77. The van der Waals surface area contributed by atoms with E-state index in [4.69, 9.17) is 0 Å². The molecule has 0 bridgehead atoms. The van der Waals surface area contributed by atoms with E-state index < -0.39 is 0 Å². The largest absolute Gasteiger partial charge is 0.336 e. The van der Waals surface area contributed by atoms with Crippen molar-refractivity contribution in [1.82, 2.24) is 19.1 Å². The second-order valence-corrected chi connectivity index (χ2v) is 5.77. The Labute approximate surface area is 118 Å². The normalized spacial score (nSPS) is 11.6. The molecule has 2 aromatic rings. The summed E-state index contributed by atoms with van der Waals surface area (Å²) in [4.78, 5) is 31.6. The minimum absolute atomic E-state index is 0.301. The fraction of sp³-hybridized carbons (Fsp3) is 0.583. The first-order chi connectivity index (χ1) is 8.95. The van der Waals surface area contributed by atoms with Crippen LogP contribution in [-0.2, 0) is 20.0 Å². The van der Waals surface area contributed by atoms with E-state index in [1.165, 1.54) is 7.05 Å². The number of nitrogens with zero attached hydrogens (tertiary/aromatic N) is 3. The van der Waals surface area contributed by atoms with Crippen molar-refractivity contribution in [3.05, 3.63) is 26.7 Å². The summed E-state index contributed by atoms with van der Waals surface area (Å²) in [5, 5.41) is 0.752. The predicted octanol–water partition coefficient (Wildman–Crippen LogP) is 1.02. The van der Waals surface area contributed by atoms with Gasteiger partial charge in [-0.2, -0.15) is 0 Å². The molecule has 0 spiro atoms. The summed E-state index contributed by atoms with van der Waals surface area (Å²) >= 11 is 3.34. The molecule has 2 rings (SSSR count). The van der Waals surface area contributed by atoms with Gasteiger partial charge in [0.05, 0.1) is 0 Å². The van der Waals surface area contributed by atoms with E-state index >= 15 is 0 Å². The highest BCUT2D eigenvalue weighted by molar-refractivity contribution is 9.09. The predicted molar refractivity (Wildman–Crippen MR) is 77.9 cm³/mol. The van der Waals surface area contributed by atoms with Gasteiger partial charge in [-0.1, -0.05) is 29.8 Å². The molecule has 0 atom stereocenters. The van der Waals surface area contributed by atoms with E-state index in [0.29, 0.717) is 35.9 Å². The van der Waals surface area contributed by atoms with Gasteiger partial charge in [0.25, 0.3) is 5.56 Å². The van der Waals surface area contributed by atoms with Gasteiger partial charge in [0.1, 0.15) is 11.3 Å². The van der Waals surface area contributed by atoms with Gasteiger partial charge in [0.2, 0.25) is 0 Å². The van der Waals surface area contributed by atoms with Crippen LogP contribution in [0.25, 0.3) is 11.2 Å². The fourth-order valence-electron chi connectivity index (χ4n) is 2.02. The molecule has 0 unspecified atom stereocenters. The second-order valence-electron chi connectivity index (χ2n) is 4.97. The lowest BCUT2D eigenvalue weighted by Crippen LogP contribution is -2.38. The summed E-state index contributed by atoms with van der Waals surface area (Å²) in [5.41, 5.74) is 0.216.